The van der Waals surface area contributed by atoms with Gasteiger partial charge in [0.1, 0.15) is 10.7 Å². The predicted molar refractivity (Wildman–Crippen MR) is 70.7 cm³/mol. The molecule has 2 aromatic rings. The molecular weight excluding hydrogens is 250 g/mol. The molecule has 0 atom stereocenters. The van der Waals surface area contributed by atoms with Crippen LogP contribution in [-0.4, -0.2) is 22.5 Å². The number of amides is 1. The SMILES string of the molecule is CCONC(=O)c1sc2nc(C)nc(C)c2c1C. The highest BCUT2D eigenvalue weighted by molar-refractivity contribution is 7.20. The molecule has 6 heteroatoms. The number of hydrogen-bond donors (Lipinski definition) is 1. The summed E-state index contributed by atoms with van der Waals surface area (Å²) in [6.07, 6.45) is 0. The van der Waals surface area contributed by atoms with Crippen molar-refractivity contribution in [1.29, 1.82) is 0 Å². The average Bonchev–Trinajstić information content (AvgIpc) is 2.63. The second kappa shape index (κ2) is 4.99. The number of rotatable bonds is 3. The minimum absolute atomic E-state index is 0.227. The van der Waals surface area contributed by atoms with Crippen LogP contribution in [0.25, 0.3) is 10.2 Å². The second-order valence-corrected chi connectivity index (χ2v) is 4.96. The summed E-state index contributed by atoms with van der Waals surface area (Å²) in [4.78, 5) is 27.0. The third kappa shape index (κ3) is 2.21. The van der Waals surface area contributed by atoms with Gasteiger partial charge in [-0.05, 0) is 33.3 Å². The van der Waals surface area contributed by atoms with Crippen molar-refractivity contribution >= 4 is 27.5 Å². The number of carbonyl (C=O) groups excluding carboxylic acids is 1. The zero-order chi connectivity index (χ0) is 13.3. The largest absolute Gasteiger partial charge is 0.285 e. The van der Waals surface area contributed by atoms with E-state index in [2.05, 4.69) is 15.4 Å². The molecule has 96 valence electrons. The summed E-state index contributed by atoms with van der Waals surface area (Å²) in [5.74, 6) is 0.493. The van der Waals surface area contributed by atoms with Crippen molar-refractivity contribution in [2.45, 2.75) is 27.7 Å². The number of hydrogen-bond acceptors (Lipinski definition) is 5. The van der Waals surface area contributed by atoms with Crippen LogP contribution in [0.1, 0.15) is 33.7 Å². The third-order valence-corrected chi connectivity index (χ3v) is 3.78. The van der Waals surface area contributed by atoms with Gasteiger partial charge in [-0.2, -0.15) is 0 Å². The molecule has 0 aromatic carbocycles. The fourth-order valence-electron chi connectivity index (χ4n) is 1.87. The summed E-state index contributed by atoms with van der Waals surface area (Å²) < 4.78 is 0. The van der Waals surface area contributed by atoms with Gasteiger partial charge in [0, 0.05) is 11.1 Å². The summed E-state index contributed by atoms with van der Waals surface area (Å²) in [6.45, 7) is 7.94. The zero-order valence-electron chi connectivity index (χ0n) is 10.8. The number of nitrogens with one attached hydrogen (secondary N) is 1. The maximum absolute atomic E-state index is 11.9. The number of aromatic nitrogens is 2. The molecule has 0 radical (unpaired) electrons. The average molecular weight is 265 g/mol. The van der Waals surface area contributed by atoms with Crippen molar-refractivity contribution in [3.63, 3.8) is 0 Å². The molecule has 2 aromatic heterocycles. The molecule has 0 aliphatic rings. The van der Waals surface area contributed by atoms with E-state index in [0.717, 1.165) is 27.3 Å². The number of aryl methyl sites for hydroxylation is 3. The highest BCUT2D eigenvalue weighted by Gasteiger charge is 2.18. The van der Waals surface area contributed by atoms with Gasteiger partial charge >= 0.3 is 0 Å². The molecule has 0 aliphatic carbocycles. The Labute approximate surface area is 109 Å². The molecule has 2 heterocycles. The van der Waals surface area contributed by atoms with Gasteiger partial charge in [-0.25, -0.2) is 15.4 Å². The summed E-state index contributed by atoms with van der Waals surface area (Å²) in [5.41, 5.74) is 4.22. The molecule has 0 unspecified atom stereocenters. The van der Waals surface area contributed by atoms with Gasteiger partial charge in [0.15, 0.2) is 0 Å². The Kier molecular flexibility index (Phi) is 3.58. The van der Waals surface area contributed by atoms with Crippen LogP contribution in [0.15, 0.2) is 0 Å². The lowest BCUT2D eigenvalue weighted by Gasteiger charge is -2.02. The standard InChI is InChI=1S/C12H15N3O2S/c1-5-17-15-11(16)10-6(2)9-7(3)13-8(4)14-12(9)18-10/h5H2,1-4H3,(H,15,16). The first-order chi connectivity index (χ1) is 8.54. The van der Waals surface area contributed by atoms with Crippen molar-refractivity contribution in [2.24, 2.45) is 0 Å². The second-order valence-electron chi connectivity index (χ2n) is 3.96. The van der Waals surface area contributed by atoms with Crippen LogP contribution in [0.3, 0.4) is 0 Å². The van der Waals surface area contributed by atoms with Crippen LogP contribution in [0.5, 0.6) is 0 Å². The topological polar surface area (TPSA) is 64.1 Å². The van der Waals surface area contributed by atoms with Gasteiger partial charge in [-0.15, -0.1) is 11.3 Å². The van der Waals surface area contributed by atoms with Gasteiger partial charge in [-0.3, -0.25) is 9.63 Å². The normalized spacial score (nSPS) is 10.9. The van der Waals surface area contributed by atoms with Gasteiger partial charge in [-0.1, -0.05) is 0 Å². The minimum Gasteiger partial charge on any atom is -0.274 e. The predicted octanol–water partition coefficient (Wildman–Crippen LogP) is 2.30. The molecule has 0 saturated heterocycles. The van der Waals surface area contributed by atoms with Gasteiger partial charge in [0.05, 0.1) is 11.5 Å². The molecule has 1 N–H and O–H groups in total. The molecule has 1 amide bonds. The molecule has 0 fully saturated rings. The van der Waals surface area contributed by atoms with E-state index in [-0.39, 0.29) is 5.91 Å². The lowest BCUT2D eigenvalue weighted by molar-refractivity contribution is 0.0368. The summed E-state index contributed by atoms with van der Waals surface area (Å²) in [7, 11) is 0. The summed E-state index contributed by atoms with van der Waals surface area (Å²) in [5, 5.41) is 0.965. The minimum atomic E-state index is -0.227. The van der Waals surface area contributed by atoms with E-state index in [0.29, 0.717) is 11.5 Å². The first-order valence-electron chi connectivity index (χ1n) is 5.71. The summed E-state index contributed by atoms with van der Waals surface area (Å²) >= 11 is 1.37. The highest BCUT2D eigenvalue weighted by Crippen LogP contribution is 2.30. The van der Waals surface area contributed by atoms with E-state index in [1.54, 1.807) is 0 Å². The Morgan fingerprint density at radius 2 is 2.06 bits per heavy atom. The molecule has 2 rings (SSSR count). The molecular formula is C12H15N3O2S. The number of carbonyl (C=O) groups is 1. The van der Waals surface area contributed by atoms with E-state index in [1.165, 1.54) is 11.3 Å². The van der Waals surface area contributed by atoms with E-state index in [9.17, 15) is 4.79 Å². The Balaban J connectivity index is 2.50. The lowest BCUT2D eigenvalue weighted by Crippen LogP contribution is -2.23. The lowest BCUT2D eigenvalue weighted by atomic mass is 10.1. The van der Waals surface area contributed by atoms with Crippen molar-refractivity contribution in [1.82, 2.24) is 15.4 Å². The molecule has 0 saturated carbocycles. The van der Waals surface area contributed by atoms with E-state index in [4.69, 9.17) is 4.84 Å². The number of nitrogens with zero attached hydrogens (tertiary/aromatic N) is 2. The van der Waals surface area contributed by atoms with Crippen LogP contribution >= 0.6 is 11.3 Å². The Hall–Kier alpha value is -1.53. The van der Waals surface area contributed by atoms with E-state index >= 15 is 0 Å². The zero-order valence-corrected chi connectivity index (χ0v) is 11.6. The van der Waals surface area contributed by atoms with E-state index in [1.807, 2.05) is 27.7 Å². The highest BCUT2D eigenvalue weighted by atomic mass is 32.1. The molecule has 0 aliphatic heterocycles. The van der Waals surface area contributed by atoms with Gasteiger partial charge in [0.2, 0.25) is 0 Å². The van der Waals surface area contributed by atoms with Crippen LogP contribution < -0.4 is 5.48 Å². The van der Waals surface area contributed by atoms with Crippen LogP contribution in [0.2, 0.25) is 0 Å². The maximum atomic E-state index is 11.9. The Morgan fingerprint density at radius 3 is 2.72 bits per heavy atom. The van der Waals surface area contributed by atoms with Crippen LogP contribution in [0.4, 0.5) is 0 Å². The number of thiophene rings is 1. The van der Waals surface area contributed by atoms with Crippen molar-refractivity contribution < 1.29 is 9.63 Å². The van der Waals surface area contributed by atoms with E-state index < -0.39 is 0 Å². The quantitative estimate of drug-likeness (QED) is 0.865. The van der Waals surface area contributed by atoms with Gasteiger partial charge < -0.3 is 0 Å². The fraction of sp³-hybridized carbons (Fsp3) is 0.417. The molecule has 0 bridgehead atoms. The van der Waals surface area contributed by atoms with Crippen molar-refractivity contribution in [3.8, 4) is 0 Å². The molecule has 0 spiro atoms. The summed E-state index contributed by atoms with van der Waals surface area (Å²) in [6, 6.07) is 0. The number of hydroxylamine groups is 1. The first-order valence-corrected chi connectivity index (χ1v) is 6.52. The first kappa shape index (κ1) is 12.9. The molecule has 5 nitrogen and oxygen atoms in total. The van der Waals surface area contributed by atoms with Crippen molar-refractivity contribution in [2.75, 3.05) is 6.61 Å². The maximum Gasteiger partial charge on any atom is 0.285 e. The Morgan fingerprint density at radius 1 is 1.33 bits per heavy atom. The number of fused-ring (bicyclic) bond motifs is 1. The van der Waals surface area contributed by atoms with Gasteiger partial charge in [0.25, 0.3) is 5.91 Å². The third-order valence-electron chi connectivity index (χ3n) is 2.60. The monoisotopic (exact) mass is 265 g/mol. The Bertz CT molecular complexity index is 607. The van der Waals surface area contributed by atoms with Crippen molar-refractivity contribution in [3.05, 3.63) is 22.0 Å². The van der Waals surface area contributed by atoms with Crippen LogP contribution in [-0.2, 0) is 4.84 Å². The van der Waals surface area contributed by atoms with Crippen LogP contribution in [0, 0.1) is 20.8 Å². The fourth-order valence-corrected chi connectivity index (χ4v) is 3.04. The smallest absolute Gasteiger partial charge is 0.274 e. The molecule has 18 heavy (non-hydrogen) atoms.